The van der Waals surface area contributed by atoms with Gasteiger partial charge in [-0.15, -0.1) is 0 Å². The first-order valence-corrected chi connectivity index (χ1v) is 9.38. The largest absolute Gasteiger partial charge is 0.395 e. The van der Waals surface area contributed by atoms with Gasteiger partial charge in [-0.3, -0.25) is 19.6 Å². The van der Waals surface area contributed by atoms with Gasteiger partial charge >= 0.3 is 0 Å². The van der Waals surface area contributed by atoms with E-state index in [-0.39, 0.29) is 26.2 Å². The van der Waals surface area contributed by atoms with Crippen LogP contribution in [-0.2, 0) is 0 Å². The van der Waals surface area contributed by atoms with Gasteiger partial charge in [0.15, 0.2) is 18.9 Å². The van der Waals surface area contributed by atoms with E-state index in [0.29, 0.717) is 58.9 Å². The molecule has 1 heterocycles. The molecule has 1 aliphatic heterocycles. The van der Waals surface area contributed by atoms with Crippen molar-refractivity contribution in [1.29, 1.82) is 0 Å². The molecule has 1 saturated heterocycles. The Morgan fingerprint density at radius 1 is 0.481 bits per heavy atom. The highest BCUT2D eigenvalue weighted by atomic mass is 16.5. The Morgan fingerprint density at radius 2 is 0.741 bits per heavy atom. The molecule has 11 heteroatoms. The zero-order valence-corrected chi connectivity index (χ0v) is 15.8. The summed E-state index contributed by atoms with van der Waals surface area (Å²) in [5.41, 5.74) is 0. The van der Waals surface area contributed by atoms with Crippen LogP contribution in [0.25, 0.3) is 0 Å². The van der Waals surface area contributed by atoms with Gasteiger partial charge in [0.2, 0.25) is 0 Å². The highest BCUT2D eigenvalue weighted by molar-refractivity contribution is 4.73. The van der Waals surface area contributed by atoms with Crippen molar-refractivity contribution in [3.8, 4) is 0 Å². The standard InChI is InChI=1S/C16H36N4O7/c21-10-9-17-1-3-18(11-14(22)23)5-7-20(13-16(26)27)8-6-19(4-2-17)12-15(24)25/h14-16,21-27H,1-13H2. The van der Waals surface area contributed by atoms with Gasteiger partial charge < -0.3 is 35.7 Å². The molecule has 0 aliphatic carbocycles. The fourth-order valence-corrected chi connectivity index (χ4v) is 3.18. The van der Waals surface area contributed by atoms with E-state index in [2.05, 4.69) is 0 Å². The maximum absolute atomic E-state index is 9.31. The molecule has 0 spiro atoms. The van der Waals surface area contributed by atoms with Crippen LogP contribution in [0.3, 0.4) is 0 Å². The number of aliphatic hydroxyl groups excluding tert-OH is 4. The second kappa shape index (κ2) is 13.7. The summed E-state index contributed by atoms with van der Waals surface area (Å²) in [7, 11) is 0. The molecule has 0 aromatic carbocycles. The molecule has 0 saturated carbocycles. The van der Waals surface area contributed by atoms with Gasteiger partial charge in [-0.05, 0) is 0 Å². The van der Waals surface area contributed by atoms with Gasteiger partial charge in [0, 0.05) is 78.5 Å². The first kappa shape index (κ1) is 24.6. The van der Waals surface area contributed by atoms with Crippen molar-refractivity contribution in [3.63, 3.8) is 0 Å². The van der Waals surface area contributed by atoms with Crippen LogP contribution in [0.5, 0.6) is 0 Å². The third-order valence-corrected chi connectivity index (χ3v) is 4.61. The minimum absolute atomic E-state index is 0.00736. The van der Waals surface area contributed by atoms with E-state index in [1.807, 2.05) is 19.6 Å². The molecule has 0 unspecified atom stereocenters. The number of rotatable bonds is 8. The number of nitrogens with zero attached hydrogens (tertiary/aromatic N) is 4. The van der Waals surface area contributed by atoms with E-state index in [0.717, 1.165) is 0 Å². The molecule has 162 valence electrons. The van der Waals surface area contributed by atoms with Crippen molar-refractivity contribution in [1.82, 2.24) is 19.6 Å². The lowest BCUT2D eigenvalue weighted by Crippen LogP contribution is -2.49. The van der Waals surface area contributed by atoms with Crippen LogP contribution >= 0.6 is 0 Å². The third-order valence-electron chi connectivity index (χ3n) is 4.61. The SMILES string of the molecule is OCCN1CCN(CC(O)O)CCN(CC(O)O)CCN(CC(O)O)CC1. The fourth-order valence-electron chi connectivity index (χ4n) is 3.18. The number of aliphatic hydroxyl groups is 7. The Bertz CT molecular complexity index is 351. The van der Waals surface area contributed by atoms with Crippen LogP contribution < -0.4 is 0 Å². The summed E-state index contributed by atoms with van der Waals surface area (Å²) in [4.78, 5) is 7.68. The summed E-state index contributed by atoms with van der Waals surface area (Å²) in [6.07, 6.45) is -4.39. The highest BCUT2D eigenvalue weighted by Gasteiger charge is 2.19. The summed E-state index contributed by atoms with van der Waals surface area (Å²) in [6.45, 7) is 5.11. The second-order valence-electron chi connectivity index (χ2n) is 6.91. The molecule has 0 bridgehead atoms. The van der Waals surface area contributed by atoms with Gasteiger partial charge in [-0.25, -0.2) is 0 Å². The lowest BCUT2D eigenvalue weighted by atomic mass is 10.3. The quantitative estimate of drug-likeness (QED) is 0.198. The van der Waals surface area contributed by atoms with Crippen LogP contribution in [0.2, 0.25) is 0 Å². The smallest absolute Gasteiger partial charge is 0.164 e. The first-order chi connectivity index (χ1) is 12.8. The van der Waals surface area contributed by atoms with E-state index in [9.17, 15) is 35.7 Å². The molecule has 1 fully saturated rings. The maximum Gasteiger partial charge on any atom is 0.164 e. The second-order valence-corrected chi connectivity index (χ2v) is 6.91. The summed E-state index contributed by atoms with van der Waals surface area (Å²) < 4.78 is 0. The molecule has 0 radical (unpaired) electrons. The van der Waals surface area contributed by atoms with Crippen LogP contribution in [-0.4, -0.2) is 159 Å². The molecule has 0 atom stereocenters. The molecule has 1 aliphatic rings. The zero-order valence-electron chi connectivity index (χ0n) is 15.8. The van der Waals surface area contributed by atoms with E-state index >= 15 is 0 Å². The summed E-state index contributed by atoms with van der Waals surface area (Å²) >= 11 is 0. The lowest BCUT2D eigenvalue weighted by molar-refractivity contribution is -0.0774. The minimum Gasteiger partial charge on any atom is -0.395 e. The van der Waals surface area contributed by atoms with Crippen molar-refractivity contribution in [3.05, 3.63) is 0 Å². The average molecular weight is 396 g/mol. The van der Waals surface area contributed by atoms with Gasteiger partial charge in [0.25, 0.3) is 0 Å². The van der Waals surface area contributed by atoms with Crippen molar-refractivity contribution in [2.45, 2.75) is 18.9 Å². The number of hydrogen-bond acceptors (Lipinski definition) is 11. The van der Waals surface area contributed by atoms with Crippen LogP contribution in [0.15, 0.2) is 0 Å². The molecule has 27 heavy (non-hydrogen) atoms. The molecular formula is C16H36N4O7. The first-order valence-electron chi connectivity index (χ1n) is 9.38. The maximum atomic E-state index is 9.31. The van der Waals surface area contributed by atoms with E-state index in [1.165, 1.54) is 0 Å². The highest BCUT2D eigenvalue weighted by Crippen LogP contribution is 2.02. The number of β-amino-alcohol motifs (C(OH)–C–C–N with tert-alkyl or cyclic N) is 7. The third kappa shape index (κ3) is 11.9. The van der Waals surface area contributed by atoms with E-state index < -0.39 is 18.9 Å². The molecule has 7 N–H and O–H groups in total. The van der Waals surface area contributed by atoms with Crippen LogP contribution in [0.4, 0.5) is 0 Å². The summed E-state index contributed by atoms with van der Waals surface area (Å²) in [6, 6.07) is 0. The van der Waals surface area contributed by atoms with E-state index in [1.54, 1.807) is 0 Å². The molecule has 11 nitrogen and oxygen atoms in total. The summed E-state index contributed by atoms with van der Waals surface area (Å²) in [5, 5.41) is 65.1. The van der Waals surface area contributed by atoms with Crippen molar-refractivity contribution >= 4 is 0 Å². The Labute approximate surface area is 160 Å². The lowest BCUT2D eigenvalue weighted by Gasteiger charge is -2.34. The Morgan fingerprint density at radius 3 is 0.963 bits per heavy atom. The Hall–Kier alpha value is -0.440. The normalized spacial score (nSPS) is 21.1. The van der Waals surface area contributed by atoms with Crippen molar-refractivity contribution in [2.75, 3.05) is 85.1 Å². The Balaban J connectivity index is 2.80. The topological polar surface area (TPSA) is 155 Å². The van der Waals surface area contributed by atoms with E-state index in [4.69, 9.17) is 0 Å². The predicted molar refractivity (Wildman–Crippen MR) is 97.5 cm³/mol. The van der Waals surface area contributed by atoms with Crippen molar-refractivity contribution < 1.29 is 35.7 Å². The van der Waals surface area contributed by atoms with Gasteiger partial charge in [-0.2, -0.15) is 0 Å². The average Bonchev–Trinajstić information content (AvgIpc) is 2.56. The molecule has 0 aromatic heterocycles. The molecular weight excluding hydrogens is 360 g/mol. The monoisotopic (exact) mass is 396 g/mol. The van der Waals surface area contributed by atoms with Gasteiger partial charge in [-0.1, -0.05) is 0 Å². The zero-order chi connectivity index (χ0) is 20.2. The molecule has 1 rings (SSSR count). The molecule has 0 aromatic rings. The van der Waals surface area contributed by atoms with Crippen LogP contribution in [0.1, 0.15) is 0 Å². The van der Waals surface area contributed by atoms with Crippen molar-refractivity contribution in [2.24, 2.45) is 0 Å². The summed E-state index contributed by atoms with van der Waals surface area (Å²) in [5.74, 6) is 0. The van der Waals surface area contributed by atoms with Crippen LogP contribution in [0, 0.1) is 0 Å². The molecule has 0 amide bonds. The fraction of sp³-hybridized carbons (Fsp3) is 1.00. The minimum atomic E-state index is -1.48. The predicted octanol–water partition coefficient (Wildman–Crippen LogP) is -4.87. The number of hydrogen-bond donors (Lipinski definition) is 7. The van der Waals surface area contributed by atoms with Gasteiger partial charge in [0.05, 0.1) is 6.61 Å². The Kier molecular flexibility index (Phi) is 12.5. The van der Waals surface area contributed by atoms with Gasteiger partial charge in [0.1, 0.15) is 0 Å².